The molecule has 0 aliphatic heterocycles. The zero-order valence-electron chi connectivity index (χ0n) is 9.88. The Morgan fingerprint density at radius 2 is 1.81 bits per heavy atom. The summed E-state index contributed by atoms with van der Waals surface area (Å²) in [6.07, 6.45) is 3.03. The van der Waals surface area contributed by atoms with Gasteiger partial charge < -0.3 is 10.6 Å². The maximum Gasteiger partial charge on any atom is 0.310 e. The fourth-order valence-corrected chi connectivity index (χ4v) is 1.16. The van der Waals surface area contributed by atoms with Crippen molar-refractivity contribution < 1.29 is 9.59 Å². The number of nitrogens with one attached hydrogen (secondary N) is 2. The molecule has 5 heteroatoms. The van der Waals surface area contributed by atoms with Gasteiger partial charge in [-0.15, -0.1) is 0 Å². The molecule has 0 aliphatic rings. The van der Waals surface area contributed by atoms with Crippen molar-refractivity contribution in [1.82, 2.24) is 10.6 Å². The quantitative estimate of drug-likeness (QED) is 0.394. The van der Waals surface area contributed by atoms with E-state index in [0.29, 0.717) is 12.5 Å². The van der Waals surface area contributed by atoms with Gasteiger partial charge in [-0.25, -0.2) is 0 Å². The van der Waals surface area contributed by atoms with Gasteiger partial charge in [-0.1, -0.05) is 26.7 Å². The molecule has 0 saturated heterocycles. The molecular weight excluding hydrogens is 206 g/mol. The van der Waals surface area contributed by atoms with E-state index in [2.05, 4.69) is 24.5 Å². The van der Waals surface area contributed by atoms with E-state index in [1.54, 1.807) is 6.07 Å². The van der Waals surface area contributed by atoms with Gasteiger partial charge in [-0.2, -0.15) is 5.26 Å². The van der Waals surface area contributed by atoms with Crippen LogP contribution in [0.4, 0.5) is 0 Å². The van der Waals surface area contributed by atoms with Crippen molar-refractivity contribution in [2.75, 3.05) is 13.1 Å². The Hall–Kier alpha value is -1.57. The lowest BCUT2D eigenvalue weighted by molar-refractivity contribution is -0.139. The largest absolute Gasteiger partial charge is 0.348 e. The summed E-state index contributed by atoms with van der Waals surface area (Å²) in [5.74, 6) is -0.750. The molecule has 0 unspecified atom stereocenters. The zero-order chi connectivity index (χ0) is 12.4. The molecule has 2 N–H and O–H groups in total. The van der Waals surface area contributed by atoms with Crippen molar-refractivity contribution in [3.05, 3.63) is 0 Å². The summed E-state index contributed by atoms with van der Waals surface area (Å²) in [7, 11) is 0. The van der Waals surface area contributed by atoms with Crippen LogP contribution in [-0.4, -0.2) is 24.9 Å². The number of rotatable bonds is 6. The highest BCUT2D eigenvalue weighted by Crippen LogP contribution is 2.04. The van der Waals surface area contributed by atoms with Crippen LogP contribution in [0.5, 0.6) is 0 Å². The molecule has 0 aromatic rings. The Labute approximate surface area is 96.2 Å². The number of hydrogen-bond donors (Lipinski definition) is 2. The third-order valence-corrected chi connectivity index (χ3v) is 2.03. The van der Waals surface area contributed by atoms with Gasteiger partial charge in [0.2, 0.25) is 0 Å². The molecular formula is C11H19N3O2. The van der Waals surface area contributed by atoms with Crippen LogP contribution in [0.25, 0.3) is 0 Å². The minimum Gasteiger partial charge on any atom is -0.348 e. The first kappa shape index (κ1) is 14.4. The summed E-state index contributed by atoms with van der Waals surface area (Å²) < 4.78 is 0. The molecule has 0 rings (SSSR count). The van der Waals surface area contributed by atoms with Crippen LogP contribution in [0, 0.1) is 17.2 Å². The molecule has 0 fully saturated rings. The molecule has 0 bridgehead atoms. The zero-order valence-corrected chi connectivity index (χ0v) is 9.88. The first-order valence-electron chi connectivity index (χ1n) is 5.51. The summed E-state index contributed by atoms with van der Waals surface area (Å²) in [4.78, 5) is 22.1. The molecule has 0 aliphatic carbocycles. The number of unbranched alkanes of at least 4 members (excludes halogenated alkanes) is 1. The van der Waals surface area contributed by atoms with E-state index in [-0.39, 0.29) is 6.54 Å². The second-order valence-corrected chi connectivity index (χ2v) is 3.99. The smallest absolute Gasteiger partial charge is 0.310 e. The van der Waals surface area contributed by atoms with E-state index < -0.39 is 11.8 Å². The standard InChI is InChI=1S/C11H19N3O2/c1-9(2)5-3-4-7-13-10(15)11(16)14-8-6-12/h9H,3-5,7-8H2,1-2H3,(H,13,15)(H,14,16). The maximum absolute atomic E-state index is 11.1. The molecule has 0 saturated carbocycles. The Morgan fingerprint density at radius 1 is 1.19 bits per heavy atom. The van der Waals surface area contributed by atoms with Crippen LogP contribution in [0.2, 0.25) is 0 Å². The molecule has 16 heavy (non-hydrogen) atoms. The van der Waals surface area contributed by atoms with E-state index in [1.165, 1.54) is 0 Å². The minimum atomic E-state index is -0.745. The van der Waals surface area contributed by atoms with Gasteiger partial charge >= 0.3 is 11.8 Å². The summed E-state index contributed by atoms with van der Waals surface area (Å²) >= 11 is 0. The highest BCUT2D eigenvalue weighted by atomic mass is 16.2. The molecule has 5 nitrogen and oxygen atoms in total. The number of amides is 2. The first-order chi connectivity index (χ1) is 7.57. The van der Waals surface area contributed by atoms with E-state index in [1.807, 2.05) is 0 Å². The van der Waals surface area contributed by atoms with E-state index in [0.717, 1.165) is 19.3 Å². The van der Waals surface area contributed by atoms with E-state index in [9.17, 15) is 9.59 Å². The van der Waals surface area contributed by atoms with Crippen molar-refractivity contribution >= 4 is 11.8 Å². The van der Waals surface area contributed by atoms with Crippen LogP contribution in [0.15, 0.2) is 0 Å². The molecule has 0 spiro atoms. The van der Waals surface area contributed by atoms with Crippen molar-refractivity contribution in [1.29, 1.82) is 5.26 Å². The third kappa shape index (κ3) is 7.80. The Bertz CT molecular complexity index is 269. The molecule has 0 radical (unpaired) electrons. The number of nitrogens with zero attached hydrogens (tertiary/aromatic N) is 1. The lowest BCUT2D eigenvalue weighted by Crippen LogP contribution is -2.40. The highest BCUT2D eigenvalue weighted by Gasteiger charge is 2.10. The minimum absolute atomic E-state index is 0.139. The SMILES string of the molecule is CC(C)CCCCNC(=O)C(=O)NCC#N. The monoisotopic (exact) mass is 225 g/mol. The van der Waals surface area contributed by atoms with Crippen LogP contribution in [-0.2, 0) is 9.59 Å². The molecule has 0 aromatic carbocycles. The van der Waals surface area contributed by atoms with Crippen LogP contribution >= 0.6 is 0 Å². The lowest BCUT2D eigenvalue weighted by Gasteiger charge is -2.05. The molecule has 90 valence electrons. The number of carbonyl (C=O) groups excluding carboxylic acids is 2. The normalized spacial score (nSPS) is 9.62. The topological polar surface area (TPSA) is 82.0 Å². The average molecular weight is 225 g/mol. The Kier molecular flexibility index (Phi) is 7.86. The maximum atomic E-state index is 11.1. The summed E-state index contributed by atoms with van der Waals surface area (Å²) in [5, 5.41) is 12.9. The van der Waals surface area contributed by atoms with Crippen molar-refractivity contribution in [3.8, 4) is 6.07 Å². The van der Waals surface area contributed by atoms with E-state index in [4.69, 9.17) is 5.26 Å². The first-order valence-corrected chi connectivity index (χ1v) is 5.51. The predicted octanol–water partition coefficient (Wildman–Crippen LogP) is 0.569. The van der Waals surface area contributed by atoms with Gasteiger partial charge in [0.25, 0.3) is 0 Å². The molecule has 0 atom stereocenters. The van der Waals surface area contributed by atoms with Gasteiger partial charge in [0, 0.05) is 6.54 Å². The second kappa shape index (κ2) is 8.72. The van der Waals surface area contributed by atoms with Gasteiger partial charge in [-0.05, 0) is 12.3 Å². The highest BCUT2D eigenvalue weighted by molar-refractivity contribution is 6.35. The second-order valence-electron chi connectivity index (χ2n) is 3.99. The van der Waals surface area contributed by atoms with Crippen LogP contribution < -0.4 is 10.6 Å². The Morgan fingerprint density at radius 3 is 2.38 bits per heavy atom. The fraction of sp³-hybridized carbons (Fsp3) is 0.727. The Balaban J connectivity index is 3.51. The summed E-state index contributed by atoms with van der Waals surface area (Å²) in [5.41, 5.74) is 0. The van der Waals surface area contributed by atoms with Crippen molar-refractivity contribution in [3.63, 3.8) is 0 Å². The number of hydrogen-bond acceptors (Lipinski definition) is 3. The van der Waals surface area contributed by atoms with Crippen molar-refractivity contribution in [2.45, 2.75) is 33.1 Å². The predicted molar refractivity (Wildman–Crippen MR) is 60.3 cm³/mol. The van der Waals surface area contributed by atoms with Crippen molar-refractivity contribution in [2.24, 2.45) is 5.92 Å². The van der Waals surface area contributed by atoms with Gasteiger partial charge in [-0.3, -0.25) is 9.59 Å². The average Bonchev–Trinajstić information content (AvgIpc) is 2.24. The molecule has 0 aromatic heterocycles. The molecule has 2 amide bonds. The third-order valence-electron chi connectivity index (χ3n) is 2.03. The van der Waals surface area contributed by atoms with Gasteiger partial charge in [0.05, 0.1) is 6.07 Å². The van der Waals surface area contributed by atoms with E-state index >= 15 is 0 Å². The number of carbonyl (C=O) groups is 2. The van der Waals surface area contributed by atoms with Crippen LogP contribution in [0.3, 0.4) is 0 Å². The molecule has 0 heterocycles. The summed E-state index contributed by atoms with van der Waals surface area (Å²) in [6.45, 7) is 4.66. The van der Waals surface area contributed by atoms with Gasteiger partial charge in [0.1, 0.15) is 6.54 Å². The van der Waals surface area contributed by atoms with Gasteiger partial charge in [0.15, 0.2) is 0 Å². The van der Waals surface area contributed by atoms with Crippen LogP contribution in [0.1, 0.15) is 33.1 Å². The number of nitriles is 1. The lowest BCUT2D eigenvalue weighted by atomic mass is 10.1. The summed E-state index contributed by atoms with van der Waals surface area (Å²) in [6, 6.07) is 1.73. The fourth-order valence-electron chi connectivity index (χ4n) is 1.16.